The summed E-state index contributed by atoms with van der Waals surface area (Å²) in [5.41, 5.74) is -0.973. The molecule has 0 aliphatic heterocycles. The van der Waals surface area contributed by atoms with Crippen molar-refractivity contribution in [3.8, 4) is 5.75 Å². The Morgan fingerprint density at radius 3 is 2.65 bits per heavy atom. The molecule has 2 N–H and O–H groups in total. The summed E-state index contributed by atoms with van der Waals surface area (Å²) in [6.07, 6.45) is 1.40. The Balaban J connectivity index is 1.92. The number of carboxylic acids is 1. The summed E-state index contributed by atoms with van der Waals surface area (Å²) in [6.45, 7) is 1.81. The van der Waals surface area contributed by atoms with E-state index in [1.165, 1.54) is 35.3 Å². The predicted molar refractivity (Wildman–Crippen MR) is 67.3 cm³/mol. The number of aromatic nitrogens is 4. The third kappa shape index (κ3) is 3.75. The molecular weight excluding hydrogens is 264 g/mol. The van der Waals surface area contributed by atoms with Gasteiger partial charge in [0, 0.05) is 0 Å². The van der Waals surface area contributed by atoms with Crippen molar-refractivity contribution in [2.24, 2.45) is 0 Å². The molecule has 8 heteroatoms. The van der Waals surface area contributed by atoms with Crippen LogP contribution >= 0.6 is 0 Å². The molecule has 0 radical (unpaired) electrons. The highest BCUT2D eigenvalue weighted by molar-refractivity contribution is 5.87. The molecule has 106 valence electrons. The number of hydrogen-bond donors (Lipinski definition) is 2. The Hall–Kier alpha value is -2.48. The Bertz CT molecular complexity index is 566. The Morgan fingerprint density at radius 1 is 1.40 bits per heavy atom. The van der Waals surface area contributed by atoms with Crippen LogP contribution in [0, 0.1) is 0 Å². The van der Waals surface area contributed by atoms with Crippen LogP contribution in [-0.2, 0) is 6.54 Å². The van der Waals surface area contributed by atoms with E-state index in [1.807, 2.05) is 0 Å². The normalized spacial score (nSPS) is 13.7. The highest BCUT2D eigenvalue weighted by Crippen LogP contribution is 2.15. The van der Waals surface area contributed by atoms with E-state index in [-0.39, 0.29) is 18.7 Å². The fourth-order valence-corrected chi connectivity index (χ4v) is 1.58. The van der Waals surface area contributed by atoms with Crippen LogP contribution in [0.4, 0.5) is 0 Å². The standard InChI is InChI=1S/C12H14N4O4/c1-12(19,6-16-8-13-14-15-16)7-20-10-4-2-9(3-5-10)11(17)18/h2-5,8,19H,6-7H2,1H3,(H,17,18). The molecule has 0 aliphatic carbocycles. The van der Waals surface area contributed by atoms with Gasteiger partial charge >= 0.3 is 5.97 Å². The van der Waals surface area contributed by atoms with Crippen LogP contribution in [0.2, 0.25) is 0 Å². The fourth-order valence-electron chi connectivity index (χ4n) is 1.58. The van der Waals surface area contributed by atoms with Crippen molar-refractivity contribution in [2.75, 3.05) is 6.61 Å². The maximum Gasteiger partial charge on any atom is 0.335 e. The molecule has 1 atom stereocenters. The molecular formula is C12H14N4O4. The molecule has 1 heterocycles. The molecule has 2 aromatic rings. The van der Waals surface area contributed by atoms with Gasteiger partial charge in [-0.05, 0) is 41.6 Å². The third-order valence-electron chi connectivity index (χ3n) is 2.55. The van der Waals surface area contributed by atoms with Crippen molar-refractivity contribution in [2.45, 2.75) is 19.1 Å². The van der Waals surface area contributed by atoms with E-state index < -0.39 is 11.6 Å². The fraction of sp³-hybridized carbons (Fsp3) is 0.333. The van der Waals surface area contributed by atoms with E-state index in [1.54, 1.807) is 6.92 Å². The number of nitrogens with zero attached hydrogens (tertiary/aromatic N) is 4. The number of ether oxygens (including phenoxy) is 1. The summed E-state index contributed by atoms with van der Waals surface area (Å²) < 4.78 is 6.83. The monoisotopic (exact) mass is 278 g/mol. The van der Waals surface area contributed by atoms with Gasteiger partial charge in [0.05, 0.1) is 12.1 Å². The second-order valence-corrected chi connectivity index (χ2v) is 4.62. The van der Waals surface area contributed by atoms with Crippen LogP contribution in [0.15, 0.2) is 30.6 Å². The topological polar surface area (TPSA) is 110 Å². The highest BCUT2D eigenvalue weighted by atomic mass is 16.5. The van der Waals surface area contributed by atoms with E-state index in [9.17, 15) is 9.90 Å². The molecule has 1 aromatic carbocycles. The van der Waals surface area contributed by atoms with Crippen molar-refractivity contribution in [1.29, 1.82) is 0 Å². The van der Waals surface area contributed by atoms with Crippen molar-refractivity contribution in [1.82, 2.24) is 20.2 Å². The predicted octanol–water partition coefficient (Wildman–Crippen LogP) is 0.201. The molecule has 0 spiro atoms. The molecule has 0 bridgehead atoms. The Morgan fingerprint density at radius 2 is 2.10 bits per heavy atom. The zero-order valence-corrected chi connectivity index (χ0v) is 10.8. The Kier molecular flexibility index (Phi) is 3.94. The number of rotatable bonds is 6. The number of aliphatic hydroxyl groups is 1. The molecule has 2 rings (SSSR count). The van der Waals surface area contributed by atoms with Gasteiger partial charge in [-0.15, -0.1) is 5.10 Å². The van der Waals surface area contributed by atoms with Crippen molar-refractivity contribution >= 4 is 5.97 Å². The summed E-state index contributed by atoms with van der Waals surface area (Å²) in [6, 6.07) is 5.95. The number of carboxylic acid groups (broad SMARTS) is 1. The zero-order chi connectivity index (χ0) is 14.6. The van der Waals surface area contributed by atoms with Gasteiger partial charge in [0.1, 0.15) is 24.3 Å². The average Bonchev–Trinajstić information content (AvgIpc) is 2.89. The smallest absolute Gasteiger partial charge is 0.335 e. The van der Waals surface area contributed by atoms with E-state index in [4.69, 9.17) is 9.84 Å². The number of tetrazole rings is 1. The van der Waals surface area contributed by atoms with Gasteiger partial charge in [0.2, 0.25) is 0 Å². The first kappa shape index (κ1) is 13.9. The molecule has 0 saturated heterocycles. The van der Waals surface area contributed by atoms with E-state index in [0.29, 0.717) is 5.75 Å². The summed E-state index contributed by atoms with van der Waals surface area (Å²) in [4.78, 5) is 10.7. The SMILES string of the molecule is CC(O)(COc1ccc(C(=O)O)cc1)Cn1cnnn1. The van der Waals surface area contributed by atoms with Crippen LogP contribution in [0.25, 0.3) is 0 Å². The molecule has 1 aromatic heterocycles. The van der Waals surface area contributed by atoms with Crippen LogP contribution in [0.5, 0.6) is 5.75 Å². The van der Waals surface area contributed by atoms with Gasteiger partial charge in [-0.2, -0.15) is 0 Å². The van der Waals surface area contributed by atoms with Crippen molar-refractivity contribution in [3.63, 3.8) is 0 Å². The number of aromatic carboxylic acids is 1. The summed E-state index contributed by atoms with van der Waals surface area (Å²) in [7, 11) is 0. The summed E-state index contributed by atoms with van der Waals surface area (Å²) >= 11 is 0. The van der Waals surface area contributed by atoms with Crippen LogP contribution in [0.1, 0.15) is 17.3 Å². The summed E-state index contributed by atoms with van der Waals surface area (Å²) in [5, 5.41) is 29.5. The van der Waals surface area contributed by atoms with Gasteiger partial charge in [-0.25, -0.2) is 9.48 Å². The number of carbonyl (C=O) groups is 1. The highest BCUT2D eigenvalue weighted by Gasteiger charge is 2.23. The first-order valence-corrected chi connectivity index (χ1v) is 5.86. The molecule has 0 amide bonds. The number of benzene rings is 1. The first-order valence-electron chi connectivity index (χ1n) is 5.86. The van der Waals surface area contributed by atoms with E-state index in [2.05, 4.69) is 15.5 Å². The zero-order valence-electron chi connectivity index (χ0n) is 10.8. The van der Waals surface area contributed by atoms with E-state index in [0.717, 1.165) is 0 Å². The molecule has 0 fully saturated rings. The Labute approximate surface area is 114 Å². The van der Waals surface area contributed by atoms with Gasteiger partial charge in [-0.3, -0.25) is 0 Å². The molecule has 0 saturated carbocycles. The second kappa shape index (κ2) is 5.66. The largest absolute Gasteiger partial charge is 0.491 e. The maximum absolute atomic E-state index is 10.7. The lowest BCUT2D eigenvalue weighted by atomic mass is 10.1. The quantitative estimate of drug-likeness (QED) is 0.776. The van der Waals surface area contributed by atoms with Crippen LogP contribution < -0.4 is 4.74 Å². The van der Waals surface area contributed by atoms with Gasteiger partial charge in [0.15, 0.2) is 0 Å². The van der Waals surface area contributed by atoms with Crippen LogP contribution in [-0.4, -0.2) is 48.6 Å². The van der Waals surface area contributed by atoms with Gasteiger partial charge in [0.25, 0.3) is 0 Å². The molecule has 20 heavy (non-hydrogen) atoms. The minimum Gasteiger partial charge on any atom is -0.491 e. The minimum absolute atomic E-state index is 0.0271. The maximum atomic E-state index is 10.7. The lowest BCUT2D eigenvalue weighted by molar-refractivity contribution is -0.00596. The van der Waals surface area contributed by atoms with Crippen molar-refractivity contribution < 1.29 is 19.7 Å². The summed E-state index contributed by atoms with van der Waals surface area (Å²) in [5.74, 6) is -0.519. The lowest BCUT2D eigenvalue weighted by Gasteiger charge is -2.22. The van der Waals surface area contributed by atoms with Crippen molar-refractivity contribution in [3.05, 3.63) is 36.2 Å². The van der Waals surface area contributed by atoms with Crippen LogP contribution in [0.3, 0.4) is 0 Å². The minimum atomic E-state index is -1.15. The van der Waals surface area contributed by atoms with Gasteiger partial charge < -0.3 is 14.9 Å². The average molecular weight is 278 g/mol. The van der Waals surface area contributed by atoms with E-state index >= 15 is 0 Å². The molecule has 1 unspecified atom stereocenters. The van der Waals surface area contributed by atoms with Gasteiger partial charge in [-0.1, -0.05) is 0 Å². The number of hydrogen-bond acceptors (Lipinski definition) is 6. The molecule has 8 nitrogen and oxygen atoms in total. The second-order valence-electron chi connectivity index (χ2n) is 4.62. The first-order chi connectivity index (χ1) is 9.46. The third-order valence-corrected chi connectivity index (χ3v) is 2.55. The molecule has 0 aliphatic rings. The lowest BCUT2D eigenvalue weighted by Crippen LogP contribution is -2.37.